The molecule has 188 valence electrons. The van der Waals surface area contributed by atoms with Crippen LogP contribution in [0.5, 0.6) is 5.75 Å². The van der Waals surface area contributed by atoms with Gasteiger partial charge in [0.05, 0.1) is 17.2 Å². The first-order valence-electron chi connectivity index (χ1n) is 9.57. The highest BCUT2D eigenvalue weighted by atomic mass is 35.5. The Hall–Kier alpha value is -3.55. The summed E-state index contributed by atoms with van der Waals surface area (Å²) in [4.78, 5) is 8.87. The number of hydrogen-bond acceptors (Lipinski definition) is 5. The lowest BCUT2D eigenvalue weighted by atomic mass is 10.1. The fraction of sp³-hybridized carbons (Fsp3) is 0.250. The van der Waals surface area contributed by atoms with Crippen LogP contribution in [-0.4, -0.2) is 42.5 Å². The van der Waals surface area contributed by atoms with Crippen molar-refractivity contribution in [2.24, 2.45) is 20.7 Å². The third-order valence-corrected chi connectivity index (χ3v) is 4.61. The molecular weight excluding hydrogens is 511 g/mol. The fourth-order valence-electron chi connectivity index (χ4n) is 2.80. The third kappa shape index (κ3) is 5.42. The molecule has 2 aromatic rings. The van der Waals surface area contributed by atoms with Crippen LogP contribution in [0.4, 0.5) is 36.4 Å². The monoisotopic (exact) mass is 525 g/mol. The molecule has 7 nitrogen and oxygen atoms in total. The number of rotatable bonds is 4. The Morgan fingerprint density at radius 3 is 2.37 bits per heavy atom. The van der Waals surface area contributed by atoms with Gasteiger partial charge in [-0.05, 0) is 37.3 Å². The van der Waals surface area contributed by atoms with Gasteiger partial charge in [-0.2, -0.15) is 36.3 Å². The van der Waals surface area contributed by atoms with E-state index in [1.54, 1.807) is 6.92 Å². The zero-order valence-corrected chi connectivity index (χ0v) is 18.3. The van der Waals surface area contributed by atoms with Gasteiger partial charge < -0.3 is 20.5 Å². The average molecular weight is 526 g/mol. The third-order valence-electron chi connectivity index (χ3n) is 4.32. The minimum atomic E-state index is -6.03. The Bertz CT molecular complexity index is 1180. The molecule has 3 N–H and O–H groups in total. The van der Waals surface area contributed by atoms with Crippen LogP contribution in [0.15, 0.2) is 57.4 Å². The zero-order valence-electron chi connectivity index (χ0n) is 17.5. The van der Waals surface area contributed by atoms with Crippen molar-refractivity contribution in [3.05, 3.63) is 58.9 Å². The fourth-order valence-corrected chi connectivity index (χ4v) is 2.98. The molecule has 15 heteroatoms. The summed E-state index contributed by atoms with van der Waals surface area (Å²) in [6, 6.07) is 6.98. The van der Waals surface area contributed by atoms with Crippen LogP contribution < -0.4 is 15.8 Å². The van der Waals surface area contributed by atoms with Crippen LogP contribution >= 0.6 is 11.6 Å². The van der Waals surface area contributed by atoms with Crippen molar-refractivity contribution in [3.63, 3.8) is 0 Å². The number of nitrogens with zero attached hydrogens (tertiary/aromatic N) is 3. The van der Waals surface area contributed by atoms with E-state index in [1.165, 1.54) is 18.2 Å². The molecule has 0 fully saturated rings. The van der Waals surface area contributed by atoms with Gasteiger partial charge in [0.2, 0.25) is 11.9 Å². The first kappa shape index (κ1) is 26.1. The normalized spacial score (nSPS) is 16.2. The van der Waals surface area contributed by atoms with Crippen LogP contribution in [0.2, 0.25) is 5.02 Å². The maximum absolute atomic E-state index is 13.8. The molecule has 0 atom stereocenters. The van der Waals surface area contributed by atoms with E-state index in [0.717, 1.165) is 24.3 Å². The van der Waals surface area contributed by atoms with Crippen molar-refractivity contribution in [3.8, 4) is 5.75 Å². The number of alkyl halides is 6. The molecule has 0 saturated carbocycles. The zero-order chi connectivity index (χ0) is 26.0. The molecule has 0 saturated heterocycles. The number of nitrogens with two attached hydrogens (primary N) is 1. The molecule has 0 unspecified atom stereocenters. The maximum Gasteiger partial charge on any atom is 0.443 e. The molecule has 0 radical (unpaired) electrons. The molecule has 0 spiro atoms. The van der Waals surface area contributed by atoms with Gasteiger partial charge in [0.25, 0.3) is 0 Å². The quantitative estimate of drug-likeness (QED) is 0.324. The minimum absolute atomic E-state index is 0.0301. The van der Waals surface area contributed by atoms with Gasteiger partial charge in [-0.25, -0.2) is 9.38 Å². The first-order chi connectivity index (χ1) is 16.3. The maximum atomic E-state index is 13.8. The SMILES string of the molecule is CCOc1ccccc1C1=NC(C(F)(F)F)(C(F)(F)F)N=C(N=C(N)Nc2ccc(F)c(Cl)c2)O1. The lowest BCUT2D eigenvalue weighted by molar-refractivity contribution is -0.293. The lowest BCUT2D eigenvalue weighted by Gasteiger charge is -2.33. The summed E-state index contributed by atoms with van der Waals surface area (Å²) in [7, 11) is 0. The number of anilines is 1. The molecule has 2 aromatic carbocycles. The van der Waals surface area contributed by atoms with E-state index in [4.69, 9.17) is 26.8 Å². The largest absolute Gasteiger partial charge is 0.493 e. The van der Waals surface area contributed by atoms with Gasteiger partial charge >= 0.3 is 24.0 Å². The molecular formula is C20H15ClF7N5O2. The van der Waals surface area contributed by atoms with Crippen molar-refractivity contribution < 1.29 is 40.2 Å². The summed E-state index contributed by atoms with van der Waals surface area (Å²) >= 11 is 5.63. The average Bonchev–Trinajstić information content (AvgIpc) is 2.75. The number of halogens is 8. The van der Waals surface area contributed by atoms with E-state index in [9.17, 15) is 30.7 Å². The van der Waals surface area contributed by atoms with Gasteiger partial charge in [-0.1, -0.05) is 23.7 Å². The van der Waals surface area contributed by atoms with Crippen LogP contribution in [0.25, 0.3) is 0 Å². The standard InChI is InChI=1S/C20H15ClF7N5O2/c1-2-34-14-6-4-3-5-11(14)15-32-18(19(23,24)25,20(26,27)28)33-17(35-15)31-16(29)30-10-7-8-13(22)12(21)9-10/h3-9H,2H2,1H3,(H3,29,30,31,33). The molecule has 0 amide bonds. The Balaban J connectivity index is 2.12. The van der Waals surface area contributed by atoms with E-state index in [-0.39, 0.29) is 28.6 Å². The van der Waals surface area contributed by atoms with E-state index in [0.29, 0.717) is 0 Å². The summed E-state index contributed by atoms with van der Waals surface area (Å²) < 4.78 is 106. The van der Waals surface area contributed by atoms with Crippen molar-refractivity contribution in [1.82, 2.24) is 0 Å². The molecule has 1 aliphatic heterocycles. The number of benzene rings is 2. The number of para-hydroxylation sites is 1. The number of guanidine groups is 1. The highest BCUT2D eigenvalue weighted by Gasteiger charge is 2.74. The van der Waals surface area contributed by atoms with Gasteiger partial charge in [-0.15, -0.1) is 0 Å². The second-order valence-electron chi connectivity index (χ2n) is 6.76. The predicted octanol–water partition coefficient (Wildman–Crippen LogP) is 5.26. The molecule has 0 aliphatic carbocycles. The van der Waals surface area contributed by atoms with E-state index in [1.807, 2.05) is 0 Å². The number of ether oxygens (including phenoxy) is 2. The number of amidine groups is 1. The predicted molar refractivity (Wildman–Crippen MR) is 114 cm³/mol. The second kappa shape index (κ2) is 9.60. The van der Waals surface area contributed by atoms with Crippen LogP contribution in [0.3, 0.4) is 0 Å². The Morgan fingerprint density at radius 2 is 1.77 bits per heavy atom. The van der Waals surface area contributed by atoms with Crippen LogP contribution in [0.1, 0.15) is 12.5 Å². The highest BCUT2D eigenvalue weighted by Crippen LogP contribution is 2.49. The molecule has 1 heterocycles. The summed E-state index contributed by atoms with van der Waals surface area (Å²) in [5.74, 6) is -2.70. The molecule has 1 aliphatic rings. The van der Waals surface area contributed by atoms with Gasteiger partial charge in [-0.3, -0.25) is 0 Å². The van der Waals surface area contributed by atoms with E-state index < -0.39 is 41.7 Å². The number of aliphatic imine (C=N–C) groups is 3. The van der Waals surface area contributed by atoms with Crippen LogP contribution in [-0.2, 0) is 4.74 Å². The van der Waals surface area contributed by atoms with Crippen molar-refractivity contribution >= 4 is 35.2 Å². The summed E-state index contributed by atoms with van der Waals surface area (Å²) in [5, 5.41) is 2.01. The number of nitrogens with one attached hydrogen (secondary N) is 1. The Labute approximate surface area is 198 Å². The molecule has 0 aromatic heterocycles. The second-order valence-corrected chi connectivity index (χ2v) is 7.17. The minimum Gasteiger partial charge on any atom is -0.493 e. The van der Waals surface area contributed by atoms with Gasteiger partial charge in [0.1, 0.15) is 11.6 Å². The smallest absolute Gasteiger partial charge is 0.443 e. The van der Waals surface area contributed by atoms with Crippen molar-refractivity contribution in [2.45, 2.75) is 24.9 Å². The summed E-state index contributed by atoms with van der Waals surface area (Å²) in [6.07, 6.45) is -12.1. The highest BCUT2D eigenvalue weighted by molar-refractivity contribution is 6.31. The Kier molecular flexibility index (Phi) is 7.15. The number of hydrogen-bond donors (Lipinski definition) is 2. The topological polar surface area (TPSA) is 93.6 Å². The molecule has 35 heavy (non-hydrogen) atoms. The summed E-state index contributed by atoms with van der Waals surface area (Å²) in [5.41, 5.74) is 0.385. The molecule has 0 bridgehead atoms. The molecule has 3 rings (SSSR count). The van der Waals surface area contributed by atoms with Crippen LogP contribution in [0, 0.1) is 5.82 Å². The van der Waals surface area contributed by atoms with E-state index in [2.05, 4.69) is 20.3 Å². The van der Waals surface area contributed by atoms with Gasteiger partial charge in [0, 0.05) is 5.69 Å². The van der Waals surface area contributed by atoms with Crippen molar-refractivity contribution in [1.29, 1.82) is 0 Å². The first-order valence-corrected chi connectivity index (χ1v) is 9.94. The van der Waals surface area contributed by atoms with Crippen molar-refractivity contribution in [2.75, 3.05) is 11.9 Å². The Morgan fingerprint density at radius 1 is 1.11 bits per heavy atom. The lowest BCUT2D eigenvalue weighted by Crippen LogP contribution is -2.56. The van der Waals surface area contributed by atoms with E-state index >= 15 is 0 Å². The summed E-state index contributed by atoms with van der Waals surface area (Å²) in [6.45, 7) is 1.60. The van der Waals surface area contributed by atoms with Gasteiger partial charge in [0.15, 0.2) is 0 Å².